The summed E-state index contributed by atoms with van der Waals surface area (Å²) in [6.07, 6.45) is 1.19. The standard InChI is InChI=1S/C19H24N6O3/c20-17-22-16(27)19(23-17)6-8-24(9-7-19)18(28)21-14-10-15(26)25(12-14)11-13-4-2-1-3-5-13/h1-5,14H,6-12H2,(H,21,28)(H3,20,22,23,27). The van der Waals surface area contributed by atoms with Gasteiger partial charge in [-0.2, -0.15) is 0 Å². The monoisotopic (exact) mass is 384 g/mol. The molecule has 148 valence electrons. The number of benzene rings is 1. The summed E-state index contributed by atoms with van der Waals surface area (Å²) in [7, 11) is 0. The van der Waals surface area contributed by atoms with Crippen LogP contribution in [-0.4, -0.2) is 64.8 Å². The molecule has 0 aromatic heterocycles. The van der Waals surface area contributed by atoms with Gasteiger partial charge in [-0.15, -0.1) is 0 Å². The Labute approximate surface area is 162 Å². The second-order valence-electron chi connectivity index (χ2n) is 7.58. The molecule has 4 amide bonds. The first kappa shape index (κ1) is 18.3. The zero-order valence-electron chi connectivity index (χ0n) is 15.6. The molecular formula is C19H24N6O3. The highest BCUT2D eigenvalue weighted by atomic mass is 16.2. The van der Waals surface area contributed by atoms with Crippen LogP contribution in [0, 0.1) is 0 Å². The number of piperidine rings is 1. The zero-order valence-corrected chi connectivity index (χ0v) is 15.6. The minimum Gasteiger partial charge on any atom is -0.370 e. The van der Waals surface area contributed by atoms with E-state index < -0.39 is 5.54 Å². The van der Waals surface area contributed by atoms with Gasteiger partial charge in [-0.3, -0.25) is 14.9 Å². The Morgan fingerprint density at radius 3 is 2.61 bits per heavy atom. The number of nitrogens with two attached hydrogens (primary N) is 1. The lowest BCUT2D eigenvalue weighted by atomic mass is 9.88. The molecule has 1 aromatic carbocycles. The van der Waals surface area contributed by atoms with Gasteiger partial charge in [0.1, 0.15) is 5.54 Å². The molecule has 28 heavy (non-hydrogen) atoms. The van der Waals surface area contributed by atoms with Gasteiger partial charge in [0.25, 0.3) is 5.91 Å². The summed E-state index contributed by atoms with van der Waals surface area (Å²) in [5.41, 5.74) is 5.84. The van der Waals surface area contributed by atoms with Crippen LogP contribution in [0.2, 0.25) is 0 Å². The molecule has 3 aliphatic rings. The summed E-state index contributed by atoms with van der Waals surface area (Å²) in [4.78, 5) is 44.6. The highest BCUT2D eigenvalue weighted by molar-refractivity contribution is 6.06. The Kier molecular flexibility index (Phi) is 4.66. The first-order valence-electron chi connectivity index (χ1n) is 9.49. The van der Waals surface area contributed by atoms with E-state index in [0.717, 1.165) is 5.56 Å². The molecule has 1 aromatic rings. The summed E-state index contributed by atoms with van der Waals surface area (Å²) in [6, 6.07) is 9.39. The van der Waals surface area contributed by atoms with Crippen molar-refractivity contribution in [2.45, 2.75) is 37.4 Å². The van der Waals surface area contributed by atoms with Crippen molar-refractivity contribution in [2.75, 3.05) is 19.6 Å². The van der Waals surface area contributed by atoms with Crippen LogP contribution >= 0.6 is 0 Å². The predicted molar refractivity (Wildman–Crippen MR) is 102 cm³/mol. The average molecular weight is 384 g/mol. The molecule has 1 unspecified atom stereocenters. The average Bonchev–Trinajstić information content (AvgIpc) is 3.15. The number of carbonyl (C=O) groups excluding carboxylic acids is 3. The smallest absolute Gasteiger partial charge is 0.317 e. The van der Waals surface area contributed by atoms with Gasteiger partial charge in [-0.05, 0) is 18.4 Å². The maximum atomic E-state index is 12.6. The van der Waals surface area contributed by atoms with Crippen molar-refractivity contribution >= 4 is 23.8 Å². The quantitative estimate of drug-likeness (QED) is 0.667. The van der Waals surface area contributed by atoms with Crippen molar-refractivity contribution in [1.82, 2.24) is 20.4 Å². The summed E-state index contributed by atoms with van der Waals surface area (Å²) in [5.74, 6) is -0.00642. The summed E-state index contributed by atoms with van der Waals surface area (Å²) >= 11 is 0. The molecule has 1 atom stereocenters. The van der Waals surface area contributed by atoms with Crippen LogP contribution in [0.3, 0.4) is 0 Å². The molecule has 4 rings (SSSR count). The number of likely N-dealkylation sites (tertiary alicyclic amines) is 2. The number of carbonyl (C=O) groups is 3. The van der Waals surface area contributed by atoms with Gasteiger partial charge in [0.05, 0.1) is 6.04 Å². The van der Waals surface area contributed by atoms with E-state index >= 15 is 0 Å². The lowest BCUT2D eigenvalue weighted by Crippen LogP contribution is -2.54. The van der Waals surface area contributed by atoms with Gasteiger partial charge in [-0.1, -0.05) is 30.3 Å². The van der Waals surface area contributed by atoms with Crippen LogP contribution in [-0.2, 0) is 16.1 Å². The van der Waals surface area contributed by atoms with Crippen LogP contribution in [0.1, 0.15) is 24.8 Å². The minimum atomic E-state index is -0.837. The molecule has 4 N–H and O–H groups in total. The molecule has 0 aliphatic carbocycles. The van der Waals surface area contributed by atoms with E-state index in [1.807, 2.05) is 30.3 Å². The van der Waals surface area contributed by atoms with Crippen molar-refractivity contribution in [3.8, 4) is 0 Å². The van der Waals surface area contributed by atoms with Gasteiger partial charge in [0.15, 0.2) is 5.96 Å². The van der Waals surface area contributed by atoms with Gasteiger partial charge >= 0.3 is 6.03 Å². The van der Waals surface area contributed by atoms with Crippen LogP contribution in [0.4, 0.5) is 4.79 Å². The minimum absolute atomic E-state index is 0.0409. The fraction of sp³-hybridized carbons (Fsp3) is 0.474. The van der Waals surface area contributed by atoms with E-state index in [2.05, 4.69) is 15.6 Å². The third kappa shape index (κ3) is 3.51. The molecule has 0 bridgehead atoms. The third-order valence-electron chi connectivity index (χ3n) is 5.63. The van der Waals surface area contributed by atoms with Crippen LogP contribution < -0.4 is 16.4 Å². The third-order valence-corrected chi connectivity index (χ3v) is 5.63. The van der Waals surface area contributed by atoms with Gasteiger partial charge in [0, 0.05) is 32.6 Å². The second kappa shape index (κ2) is 7.14. The lowest BCUT2D eigenvalue weighted by molar-refractivity contribution is -0.128. The molecule has 2 fully saturated rings. The summed E-state index contributed by atoms with van der Waals surface area (Å²) < 4.78 is 0. The van der Waals surface area contributed by atoms with Gasteiger partial charge in [0.2, 0.25) is 5.91 Å². The van der Waals surface area contributed by atoms with Crippen LogP contribution in [0.5, 0.6) is 0 Å². The molecule has 2 saturated heterocycles. The second-order valence-corrected chi connectivity index (χ2v) is 7.58. The van der Waals surface area contributed by atoms with Gasteiger partial charge < -0.3 is 20.9 Å². The van der Waals surface area contributed by atoms with Crippen molar-refractivity contribution in [1.29, 1.82) is 0 Å². The Morgan fingerprint density at radius 2 is 1.96 bits per heavy atom. The number of rotatable bonds is 3. The maximum absolute atomic E-state index is 12.6. The molecule has 0 saturated carbocycles. The Balaban J connectivity index is 1.29. The fourth-order valence-electron chi connectivity index (χ4n) is 4.05. The van der Waals surface area contributed by atoms with Crippen molar-refractivity contribution in [2.24, 2.45) is 10.7 Å². The Bertz CT molecular complexity index is 816. The number of hydrogen-bond acceptors (Lipinski definition) is 5. The number of urea groups is 1. The largest absolute Gasteiger partial charge is 0.370 e. The lowest BCUT2D eigenvalue weighted by Gasteiger charge is -2.35. The highest BCUT2D eigenvalue weighted by Gasteiger charge is 2.46. The van der Waals surface area contributed by atoms with E-state index in [0.29, 0.717) is 45.4 Å². The zero-order chi connectivity index (χ0) is 19.7. The summed E-state index contributed by atoms with van der Waals surface area (Å²) in [6.45, 7) is 1.89. The number of guanidine groups is 1. The molecule has 0 radical (unpaired) electrons. The topological polar surface area (TPSA) is 120 Å². The molecule has 1 spiro atoms. The number of aliphatic imine (C=N–C) groups is 1. The van der Waals surface area contributed by atoms with E-state index in [1.54, 1.807) is 9.80 Å². The first-order valence-corrected chi connectivity index (χ1v) is 9.49. The normalized spacial score (nSPS) is 23.7. The molecular weight excluding hydrogens is 360 g/mol. The SMILES string of the molecule is NC1=NC2(CCN(C(=O)NC3CC(=O)N(Cc4ccccc4)C3)CC2)C(=O)N1. The molecule has 9 nitrogen and oxygen atoms in total. The maximum Gasteiger partial charge on any atom is 0.317 e. The summed E-state index contributed by atoms with van der Waals surface area (Å²) in [5, 5.41) is 5.49. The van der Waals surface area contributed by atoms with Gasteiger partial charge in [-0.25, -0.2) is 9.79 Å². The van der Waals surface area contributed by atoms with E-state index in [4.69, 9.17) is 5.73 Å². The fourth-order valence-corrected chi connectivity index (χ4v) is 4.05. The number of hydrogen-bond donors (Lipinski definition) is 3. The van der Waals surface area contributed by atoms with Crippen molar-refractivity contribution in [3.63, 3.8) is 0 Å². The first-order chi connectivity index (χ1) is 13.4. The molecule has 3 aliphatic heterocycles. The molecule has 3 heterocycles. The van der Waals surface area contributed by atoms with Crippen molar-refractivity contribution in [3.05, 3.63) is 35.9 Å². The predicted octanol–water partition coefficient (Wildman–Crippen LogP) is -0.224. The number of amides is 4. The highest BCUT2D eigenvalue weighted by Crippen LogP contribution is 2.29. The molecule has 9 heteroatoms. The Hall–Kier alpha value is -3.10. The number of nitrogens with one attached hydrogen (secondary N) is 2. The van der Waals surface area contributed by atoms with E-state index in [9.17, 15) is 14.4 Å². The van der Waals surface area contributed by atoms with E-state index in [1.165, 1.54) is 0 Å². The van der Waals surface area contributed by atoms with Crippen LogP contribution in [0.25, 0.3) is 0 Å². The Morgan fingerprint density at radius 1 is 1.25 bits per heavy atom. The van der Waals surface area contributed by atoms with Crippen molar-refractivity contribution < 1.29 is 14.4 Å². The number of nitrogens with zero attached hydrogens (tertiary/aromatic N) is 3. The van der Waals surface area contributed by atoms with E-state index in [-0.39, 0.29) is 29.8 Å². The van der Waals surface area contributed by atoms with Crippen LogP contribution in [0.15, 0.2) is 35.3 Å².